The van der Waals surface area contributed by atoms with Gasteiger partial charge in [0.2, 0.25) is 0 Å². The summed E-state index contributed by atoms with van der Waals surface area (Å²) in [6, 6.07) is 8.85. The Morgan fingerprint density at radius 1 is 0.875 bits per heavy atom. The highest BCUT2D eigenvalue weighted by molar-refractivity contribution is 6.55. The molecule has 0 saturated carbocycles. The van der Waals surface area contributed by atoms with Gasteiger partial charge in [-0.05, 0) is 12.1 Å². The number of alkyl halides is 1. The van der Waals surface area contributed by atoms with Gasteiger partial charge in [-0.15, -0.1) is 11.6 Å². The molecule has 0 bridgehead atoms. The minimum absolute atomic E-state index is 0.0389. The maximum absolute atomic E-state index is 12.1. The number of halogens is 6. The number of para-hydroxylation sites is 1. The first-order chi connectivity index (χ1) is 11.3. The van der Waals surface area contributed by atoms with Crippen molar-refractivity contribution in [2.24, 2.45) is 0 Å². The van der Waals surface area contributed by atoms with Gasteiger partial charge in [-0.3, -0.25) is 0 Å². The van der Waals surface area contributed by atoms with E-state index in [1.54, 1.807) is 24.3 Å². The number of rotatable bonds is 5. The van der Waals surface area contributed by atoms with Crippen molar-refractivity contribution in [3.05, 3.63) is 55.4 Å². The van der Waals surface area contributed by atoms with Gasteiger partial charge in [-0.25, -0.2) is 4.79 Å². The minimum atomic E-state index is -1.11. The van der Waals surface area contributed by atoms with Crippen molar-refractivity contribution in [1.29, 1.82) is 0 Å². The fourth-order valence-electron chi connectivity index (χ4n) is 1.59. The predicted molar refractivity (Wildman–Crippen MR) is 98.7 cm³/mol. The van der Waals surface area contributed by atoms with Gasteiger partial charge in [-0.2, -0.15) is 0 Å². The van der Waals surface area contributed by atoms with Crippen molar-refractivity contribution in [3.63, 3.8) is 0 Å². The van der Waals surface area contributed by atoms with Gasteiger partial charge in [0.05, 0.1) is 15.1 Å². The number of ether oxygens (including phenoxy) is 2. The van der Waals surface area contributed by atoms with Crippen molar-refractivity contribution >= 4 is 75.6 Å². The molecule has 0 aliphatic carbocycles. The maximum Gasteiger partial charge on any atom is 0.333 e. The van der Waals surface area contributed by atoms with Crippen LogP contribution >= 0.6 is 69.6 Å². The molecule has 0 heterocycles. The summed E-state index contributed by atoms with van der Waals surface area (Å²) in [5.74, 6) is -0.483. The third kappa shape index (κ3) is 4.54. The Morgan fingerprint density at radius 3 is 1.92 bits per heavy atom. The smallest absolute Gasteiger partial charge is 0.333 e. The third-order valence-electron chi connectivity index (χ3n) is 2.77. The first-order valence-electron chi connectivity index (χ1n) is 6.38. The number of carbonyl (C=O) groups excluding carboxylic acids is 1. The average molecular weight is 449 g/mol. The van der Waals surface area contributed by atoms with Crippen molar-refractivity contribution in [2.75, 3.05) is 6.61 Å². The summed E-state index contributed by atoms with van der Waals surface area (Å²) in [4.78, 5) is 12.1. The van der Waals surface area contributed by atoms with Crippen LogP contribution in [-0.2, 0) is 4.79 Å². The van der Waals surface area contributed by atoms with E-state index in [4.69, 9.17) is 79.1 Å². The lowest BCUT2D eigenvalue weighted by Crippen LogP contribution is -2.27. The normalized spacial score (nSPS) is 11.9. The summed E-state index contributed by atoms with van der Waals surface area (Å²) in [6.45, 7) is -0.116. The third-order valence-corrected chi connectivity index (χ3v) is 5.31. The summed E-state index contributed by atoms with van der Waals surface area (Å²) in [6.07, 6.45) is 0. The van der Waals surface area contributed by atoms with Gasteiger partial charge in [-0.1, -0.05) is 76.2 Å². The van der Waals surface area contributed by atoms with Gasteiger partial charge in [0.1, 0.15) is 22.4 Å². The standard InChI is InChI=1S/C15H8Cl6O3/c16-8(6-23-7-4-2-1-3-5-7)15(22)24-14-12(20)10(18)9(17)11(19)13(14)21/h1-5,8H,6H2/t8-/m1/s1. The van der Waals surface area contributed by atoms with Gasteiger partial charge in [0.15, 0.2) is 11.1 Å². The molecule has 0 aromatic heterocycles. The van der Waals surface area contributed by atoms with Crippen molar-refractivity contribution in [2.45, 2.75) is 5.38 Å². The van der Waals surface area contributed by atoms with E-state index in [0.717, 1.165) is 0 Å². The van der Waals surface area contributed by atoms with Crippen LogP contribution in [-0.4, -0.2) is 18.0 Å². The van der Waals surface area contributed by atoms with Crippen LogP contribution in [0.4, 0.5) is 0 Å². The van der Waals surface area contributed by atoms with Gasteiger partial charge < -0.3 is 9.47 Å². The zero-order valence-electron chi connectivity index (χ0n) is 11.7. The Bertz CT molecular complexity index is 722. The molecule has 0 aliphatic rings. The highest BCUT2D eigenvalue weighted by Crippen LogP contribution is 2.48. The molecule has 1 atom stereocenters. The topological polar surface area (TPSA) is 35.5 Å². The van der Waals surface area contributed by atoms with Crippen LogP contribution in [0.1, 0.15) is 0 Å². The number of hydrogen-bond acceptors (Lipinski definition) is 3. The Hall–Kier alpha value is -0.550. The van der Waals surface area contributed by atoms with Crippen LogP contribution in [0.5, 0.6) is 11.5 Å². The Morgan fingerprint density at radius 2 is 1.38 bits per heavy atom. The number of carbonyl (C=O) groups is 1. The van der Waals surface area contributed by atoms with Crippen LogP contribution < -0.4 is 9.47 Å². The molecule has 128 valence electrons. The van der Waals surface area contributed by atoms with E-state index in [9.17, 15) is 4.79 Å². The predicted octanol–water partition coefficient (Wildman–Crippen LogP) is 6.55. The van der Waals surface area contributed by atoms with Crippen molar-refractivity contribution in [1.82, 2.24) is 0 Å². The second-order valence-electron chi connectivity index (χ2n) is 4.41. The monoisotopic (exact) mass is 446 g/mol. The molecule has 0 radical (unpaired) electrons. The Balaban J connectivity index is 2.09. The first kappa shape index (κ1) is 19.8. The summed E-state index contributed by atoms with van der Waals surface area (Å²) >= 11 is 35.6. The number of benzene rings is 2. The molecule has 0 unspecified atom stereocenters. The molecule has 0 spiro atoms. The second-order valence-corrected chi connectivity index (χ2v) is 6.83. The molecule has 3 nitrogen and oxygen atoms in total. The highest BCUT2D eigenvalue weighted by Gasteiger charge is 2.26. The lowest BCUT2D eigenvalue weighted by molar-refractivity contribution is -0.134. The summed E-state index contributed by atoms with van der Waals surface area (Å²) in [5.41, 5.74) is 0. The van der Waals surface area contributed by atoms with E-state index in [-0.39, 0.29) is 37.5 Å². The molecule has 9 heteroatoms. The van der Waals surface area contributed by atoms with Gasteiger partial charge >= 0.3 is 5.97 Å². The molecule has 0 amide bonds. The quantitative estimate of drug-likeness (QED) is 0.171. The van der Waals surface area contributed by atoms with Crippen LogP contribution in [0.15, 0.2) is 30.3 Å². The Kier molecular flexibility index (Phi) is 7.17. The molecule has 0 N–H and O–H groups in total. The summed E-state index contributed by atoms with van der Waals surface area (Å²) in [7, 11) is 0. The van der Waals surface area contributed by atoms with Crippen LogP contribution in [0.25, 0.3) is 0 Å². The molecule has 2 rings (SSSR count). The molecular formula is C15H8Cl6O3. The average Bonchev–Trinajstić information content (AvgIpc) is 2.60. The van der Waals surface area contributed by atoms with Crippen LogP contribution in [0.2, 0.25) is 25.1 Å². The molecular weight excluding hydrogens is 441 g/mol. The minimum Gasteiger partial charge on any atom is -0.491 e. The van der Waals surface area contributed by atoms with E-state index < -0.39 is 11.3 Å². The molecule has 2 aromatic carbocycles. The SMILES string of the molecule is O=C(Oc1c(Cl)c(Cl)c(Cl)c(Cl)c1Cl)[C@H](Cl)COc1ccccc1. The van der Waals surface area contributed by atoms with Crippen LogP contribution in [0.3, 0.4) is 0 Å². The molecule has 2 aromatic rings. The van der Waals surface area contributed by atoms with Crippen molar-refractivity contribution in [3.8, 4) is 11.5 Å². The second kappa shape index (κ2) is 8.70. The van der Waals surface area contributed by atoms with E-state index in [1.165, 1.54) is 0 Å². The van der Waals surface area contributed by atoms with E-state index >= 15 is 0 Å². The Labute approximate surface area is 168 Å². The van der Waals surface area contributed by atoms with Crippen LogP contribution in [0, 0.1) is 0 Å². The largest absolute Gasteiger partial charge is 0.491 e. The van der Waals surface area contributed by atoms with Gasteiger partial charge in [0.25, 0.3) is 0 Å². The summed E-state index contributed by atoms with van der Waals surface area (Å²) < 4.78 is 10.5. The lowest BCUT2D eigenvalue weighted by atomic mass is 10.3. The van der Waals surface area contributed by atoms with E-state index in [0.29, 0.717) is 5.75 Å². The molecule has 0 aliphatic heterocycles. The fourth-order valence-corrected chi connectivity index (χ4v) is 2.90. The molecule has 24 heavy (non-hydrogen) atoms. The fraction of sp³-hybridized carbons (Fsp3) is 0.133. The maximum atomic E-state index is 12.1. The number of esters is 1. The zero-order chi connectivity index (χ0) is 17.9. The highest BCUT2D eigenvalue weighted by atomic mass is 35.5. The lowest BCUT2D eigenvalue weighted by Gasteiger charge is -2.15. The first-order valence-corrected chi connectivity index (χ1v) is 8.70. The van der Waals surface area contributed by atoms with E-state index in [2.05, 4.69) is 0 Å². The zero-order valence-corrected chi connectivity index (χ0v) is 16.2. The molecule has 0 saturated heterocycles. The van der Waals surface area contributed by atoms with E-state index in [1.807, 2.05) is 6.07 Å². The number of hydrogen-bond donors (Lipinski definition) is 0. The summed E-state index contributed by atoms with van der Waals surface area (Å²) in [5, 5.41) is -1.59. The molecule has 0 fully saturated rings. The van der Waals surface area contributed by atoms with Gasteiger partial charge in [0, 0.05) is 0 Å². The van der Waals surface area contributed by atoms with Crippen molar-refractivity contribution < 1.29 is 14.3 Å².